The SMILES string of the molecule is C#CCC(Nc1ncnc2ccccc12)C(=O)O. The highest BCUT2D eigenvalue weighted by Gasteiger charge is 2.17. The first-order valence-corrected chi connectivity index (χ1v) is 5.35. The fourth-order valence-corrected chi connectivity index (χ4v) is 1.60. The lowest BCUT2D eigenvalue weighted by atomic mass is 10.2. The third kappa shape index (κ3) is 2.38. The van der Waals surface area contributed by atoms with Gasteiger partial charge in [0.15, 0.2) is 0 Å². The number of rotatable bonds is 4. The van der Waals surface area contributed by atoms with Gasteiger partial charge in [0, 0.05) is 11.8 Å². The van der Waals surface area contributed by atoms with Crippen molar-refractivity contribution in [1.82, 2.24) is 9.97 Å². The molecule has 2 rings (SSSR count). The maximum Gasteiger partial charge on any atom is 0.327 e. The summed E-state index contributed by atoms with van der Waals surface area (Å²) in [4.78, 5) is 19.2. The number of carboxylic acid groups (broad SMARTS) is 1. The van der Waals surface area contributed by atoms with Gasteiger partial charge in [-0.05, 0) is 12.1 Å². The first kappa shape index (κ1) is 11.9. The molecule has 0 fully saturated rings. The van der Waals surface area contributed by atoms with E-state index in [4.69, 9.17) is 11.5 Å². The van der Waals surface area contributed by atoms with Gasteiger partial charge in [0.25, 0.3) is 0 Å². The molecule has 18 heavy (non-hydrogen) atoms. The zero-order valence-corrected chi connectivity index (χ0v) is 9.50. The Labute approximate surface area is 104 Å². The van der Waals surface area contributed by atoms with Crippen LogP contribution in [0.15, 0.2) is 30.6 Å². The Balaban J connectivity index is 2.36. The van der Waals surface area contributed by atoms with Crippen molar-refractivity contribution >= 4 is 22.7 Å². The van der Waals surface area contributed by atoms with Gasteiger partial charge in [-0.3, -0.25) is 0 Å². The van der Waals surface area contributed by atoms with E-state index in [1.54, 1.807) is 0 Å². The molecular formula is C13H11N3O2. The van der Waals surface area contributed by atoms with Crippen LogP contribution in [0.1, 0.15) is 6.42 Å². The molecule has 0 radical (unpaired) electrons. The molecule has 0 aliphatic rings. The second-order valence-corrected chi connectivity index (χ2v) is 3.68. The molecule has 0 saturated carbocycles. The topological polar surface area (TPSA) is 75.1 Å². The van der Waals surface area contributed by atoms with E-state index in [-0.39, 0.29) is 6.42 Å². The molecule has 5 nitrogen and oxygen atoms in total. The molecular weight excluding hydrogens is 230 g/mol. The fraction of sp³-hybridized carbons (Fsp3) is 0.154. The van der Waals surface area contributed by atoms with Gasteiger partial charge in [-0.1, -0.05) is 12.1 Å². The fourth-order valence-electron chi connectivity index (χ4n) is 1.60. The molecule has 0 aliphatic carbocycles. The summed E-state index contributed by atoms with van der Waals surface area (Å²) in [7, 11) is 0. The highest BCUT2D eigenvalue weighted by atomic mass is 16.4. The molecule has 0 aliphatic heterocycles. The number of benzene rings is 1. The van der Waals surface area contributed by atoms with Gasteiger partial charge in [0.1, 0.15) is 18.2 Å². The minimum absolute atomic E-state index is 0.0909. The predicted molar refractivity (Wildman–Crippen MR) is 68.0 cm³/mol. The van der Waals surface area contributed by atoms with Crippen LogP contribution in [0.4, 0.5) is 5.82 Å². The Bertz CT molecular complexity index is 614. The van der Waals surface area contributed by atoms with E-state index in [9.17, 15) is 4.79 Å². The number of fused-ring (bicyclic) bond motifs is 1. The van der Waals surface area contributed by atoms with Gasteiger partial charge in [-0.2, -0.15) is 0 Å². The lowest BCUT2D eigenvalue weighted by Gasteiger charge is -2.13. The molecule has 1 aromatic heterocycles. The number of hydrogen-bond donors (Lipinski definition) is 2. The molecule has 1 heterocycles. The zero-order valence-electron chi connectivity index (χ0n) is 9.50. The van der Waals surface area contributed by atoms with Crippen LogP contribution in [0.5, 0.6) is 0 Å². The van der Waals surface area contributed by atoms with Crippen molar-refractivity contribution in [3.63, 3.8) is 0 Å². The minimum atomic E-state index is -1.00. The summed E-state index contributed by atoms with van der Waals surface area (Å²) in [5, 5.41) is 12.6. The van der Waals surface area contributed by atoms with E-state index < -0.39 is 12.0 Å². The van der Waals surface area contributed by atoms with Crippen molar-refractivity contribution in [2.45, 2.75) is 12.5 Å². The molecule has 2 aromatic rings. The van der Waals surface area contributed by atoms with Crippen molar-refractivity contribution in [1.29, 1.82) is 0 Å². The summed E-state index contributed by atoms with van der Waals surface area (Å²) >= 11 is 0. The highest BCUT2D eigenvalue weighted by molar-refractivity contribution is 5.90. The van der Waals surface area contributed by atoms with Crippen LogP contribution in [0, 0.1) is 12.3 Å². The number of carboxylic acids is 1. The van der Waals surface area contributed by atoms with E-state index in [0.717, 1.165) is 10.9 Å². The molecule has 1 aromatic carbocycles. The number of aromatic nitrogens is 2. The number of carbonyl (C=O) groups is 1. The number of para-hydroxylation sites is 1. The van der Waals surface area contributed by atoms with Crippen molar-refractivity contribution in [3.05, 3.63) is 30.6 Å². The number of nitrogens with one attached hydrogen (secondary N) is 1. The van der Waals surface area contributed by atoms with E-state index in [2.05, 4.69) is 21.2 Å². The predicted octanol–water partition coefficient (Wildman–Crippen LogP) is 1.52. The molecule has 0 spiro atoms. The standard InChI is InChI=1S/C13H11N3O2/c1-2-5-11(13(17)18)16-12-9-6-3-4-7-10(9)14-8-15-12/h1,3-4,6-8,11H,5H2,(H,17,18)(H,14,15,16). The molecule has 0 saturated heterocycles. The van der Waals surface area contributed by atoms with Crippen LogP contribution in [-0.4, -0.2) is 27.1 Å². The molecule has 0 bridgehead atoms. The van der Waals surface area contributed by atoms with Gasteiger partial charge < -0.3 is 10.4 Å². The van der Waals surface area contributed by atoms with Gasteiger partial charge in [0.2, 0.25) is 0 Å². The summed E-state index contributed by atoms with van der Waals surface area (Å²) in [5.41, 5.74) is 0.750. The minimum Gasteiger partial charge on any atom is -0.480 e. The Morgan fingerprint density at radius 1 is 1.44 bits per heavy atom. The van der Waals surface area contributed by atoms with Crippen LogP contribution in [0.25, 0.3) is 10.9 Å². The third-order valence-corrected chi connectivity index (χ3v) is 2.47. The third-order valence-electron chi connectivity index (χ3n) is 2.47. The summed E-state index contributed by atoms with van der Waals surface area (Å²) in [6.45, 7) is 0. The Hall–Kier alpha value is -2.61. The van der Waals surface area contributed by atoms with Crippen molar-refractivity contribution in [3.8, 4) is 12.3 Å². The second-order valence-electron chi connectivity index (χ2n) is 3.68. The first-order valence-electron chi connectivity index (χ1n) is 5.35. The number of terminal acetylenes is 1. The van der Waals surface area contributed by atoms with Crippen LogP contribution >= 0.6 is 0 Å². The number of nitrogens with zero attached hydrogens (tertiary/aromatic N) is 2. The summed E-state index contributed by atoms with van der Waals surface area (Å²) in [6.07, 6.45) is 6.63. The molecule has 90 valence electrons. The van der Waals surface area contributed by atoms with Gasteiger partial charge in [-0.15, -0.1) is 12.3 Å². The summed E-state index contributed by atoms with van der Waals surface area (Å²) in [5.74, 6) is 1.80. The summed E-state index contributed by atoms with van der Waals surface area (Å²) in [6, 6.07) is 6.50. The Morgan fingerprint density at radius 3 is 2.94 bits per heavy atom. The number of anilines is 1. The van der Waals surface area contributed by atoms with Crippen molar-refractivity contribution in [2.75, 3.05) is 5.32 Å². The maximum absolute atomic E-state index is 11.0. The van der Waals surface area contributed by atoms with Crippen molar-refractivity contribution < 1.29 is 9.90 Å². The largest absolute Gasteiger partial charge is 0.480 e. The molecule has 2 N–H and O–H groups in total. The van der Waals surface area contributed by atoms with E-state index in [0.29, 0.717) is 5.82 Å². The molecule has 5 heteroatoms. The Morgan fingerprint density at radius 2 is 2.22 bits per heavy atom. The van der Waals surface area contributed by atoms with Crippen LogP contribution in [0.3, 0.4) is 0 Å². The number of hydrogen-bond acceptors (Lipinski definition) is 4. The maximum atomic E-state index is 11.0. The van der Waals surface area contributed by atoms with E-state index in [1.807, 2.05) is 24.3 Å². The first-order chi connectivity index (χ1) is 8.72. The normalized spacial score (nSPS) is 11.7. The van der Waals surface area contributed by atoms with Gasteiger partial charge in [-0.25, -0.2) is 14.8 Å². The average molecular weight is 241 g/mol. The van der Waals surface area contributed by atoms with Crippen molar-refractivity contribution in [2.24, 2.45) is 0 Å². The monoisotopic (exact) mass is 241 g/mol. The molecule has 1 atom stereocenters. The van der Waals surface area contributed by atoms with E-state index >= 15 is 0 Å². The summed E-state index contributed by atoms with van der Waals surface area (Å²) < 4.78 is 0. The molecule has 0 amide bonds. The quantitative estimate of drug-likeness (QED) is 0.794. The highest BCUT2D eigenvalue weighted by Crippen LogP contribution is 2.19. The average Bonchev–Trinajstić information content (AvgIpc) is 2.38. The van der Waals surface area contributed by atoms with Crippen LogP contribution in [0.2, 0.25) is 0 Å². The Kier molecular flexibility index (Phi) is 3.39. The van der Waals surface area contributed by atoms with Gasteiger partial charge in [0.05, 0.1) is 5.52 Å². The zero-order chi connectivity index (χ0) is 13.0. The van der Waals surface area contributed by atoms with Crippen LogP contribution < -0.4 is 5.32 Å². The number of aliphatic carboxylic acids is 1. The lowest BCUT2D eigenvalue weighted by molar-refractivity contribution is -0.137. The second kappa shape index (κ2) is 5.15. The smallest absolute Gasteiger partial charge is 0.327 e. The van der Waals surface area contributed by atoms with E-state index in [1.165, 1.54) is 6.33 Å². The van der Waals surface area contributed by atoms with Gasteiger partial charge >= 0.3 is 5.97 Å². The van der Waals surface area contributed by atoms with Crippen LogP contribution in [-0.2, 0) is 4.79 Å². The molecule has 1 unspecified atom stereocenters. The lowest BCUT2D eigenvalue weighted by Crippen LogP contribution is -2.29.